The van der Waals surface area contributed by atoms with Gasteiger partial charge >= 0.3 is 0 Å². The predicted octanol–water partition coefficient (Wildman–Crippen LogP) is 5.18. The Kier molecular flexibility index (Phi) is 4.86. The van der Waals surface area contributed by atoms with Gasteiger partial charge in [0.05, 0.1) is 11.2 Å². The maximum absolute atomic E-state index is 12.9. The number of aromatic nitrogens is 2. The molecule has 0 bridgehead atoms. The van der Waals surface area contributed by atoms with Crippen LogP contribution in [0.2, 0.25) is 0 Å². The molecule has 0 N–H and O–H groups in total. The Labute approximate surface area is 194 Å². The van der Waals surface area contributed by atoms with E-state index in [9.17, 15) is 10.1 Å². The van der Waals surface area contributed by atoms with Gasteiger partial charge in [0.25, 0.3) is 5.56 Å². The lowest BCUT2D eigenvalue weighted by molar-refractivity contribution is 0.292. The van der Waals surface area contributed by atoms with Crippen molar-refractivity contribution in [3.8, 4) is 6.07 Å². The molecule has 1 aliphatic heterocycles. The van der Waals surface area contributed by atoms with Crippen LogP contribution in [-0.4, -0.2) is 22.6 Å². The summed E-state index contributed by atoms with van der Waals surface area (Å²) in [7, 11) is 1.71. The molecule has 7 heteroatoms. The third-order valence-electron chi connectivity index (χ3n) is 6.68. The smallest absolute Gasteiger partial charge is 0.270 e. The molecule has 0 atom stereocenters. The zero-order valence-corrected chi connectivity index (χ0v) is 19.9. The molecule has 1 aliphatic rings. The van der Waals surface area contributed by atoms with E-state index in [0.717, 1.165) is 56.5 Å². The molecule has 0 unspecified atom stereocenters. The summed E-state index contributed by atoms with van der Waals surface area (Å²) in [6, 6.07) is 14.0. The Balaban J connectivity index is 1.54. The molecular formula is C25H23BrN4O2. The van der Waals surface area contributed by atoms with E-state index in [-0.39, 0.29) is 16.5 Å². The number of pyridine rings is 1. The van der Waals surface area contributed by atoms with Gasteiger partial charge in [0.1, 0.15) is 17.1 Å². The minimum atomic E-state index is -0.264. The van der Waals surface area contributed by atoms with Gasteiger partial charge in [-0.05, 0) is 55.7 Å². The maximum Gasteiger partial charge on any atom is 0.270 e. The number of fused-ring (bicyclic) bond motifs is 2. The Morgan fingerprint density at radius 2 is 1.94 bits per heavy atom. The van der Waals surface area contributed by atoms with Crippen molar-refractivity contribution in [1.29, 1.82) is 5.26 Å². The molecule has 3 heterocycles. The molecular weight excluding hydrogens is 468 g/mol. The molecule has 0 amide bonds. The minimum Gasteiger partial charge on any atom is -0.440 e. The summed E-state index contributed by atoms with van der Waals surface area (Å²) in [6.07, 6.45) is 1.63. The lowest BCUT2D eigenvalue weighted by Crippen LogP contribution is -2.42. The fourth-order valence-corrected chi connectivity index (χ4v) is 5.03. The zero-order valence-electron chi connectivity index (χ0n) is 18.3. The first-order valence-corrected chi connectivity index (χ1v) is 11.4. The number of nitriles is 1. The van der Waals surface area contributed by atoms with E-state index in [1.165, 1.54) is 0 Å². The van der Waals surface area contributed by atoms with E-state index in [4.69, 9.17) is 9.40 Å². The first-order chi connectivity index (χ1) is 15.3. The quantitative estimate of drug-likeness (QED) is 0.386. The summed E-state index contributed by atoms with van der Waals surface area (Å²) < 4.78 is 8.60. The Morgan fingerprint density at radius 3 is 2.66 bits per heavy atom. The van der Waals surface area contributed by atoms with E-state index < -0.39 is 0 Å². The zero-order chi connectivity index (χ0) is 22.6. The average molecular weight is 491 g/mol. The molecule has 2 aromatic carbocycles. The van der Waals surface area contributed by atoms with Gasteiger partial charge in [-0.25, -0.2) is 4.98 Å². The lowest BCUT2D eigenvalue weighted by atomic mass is 9.80. The van der Waals surface area contributed by atoms with Crippen molar-refractivity contribution < 1.29 is 4.42 Å². The number of hydrogen-bond donors (Lipinski definition) is 0. The van der Waals surface area contributed by atoms with Gasteiger partial charge in [-0.15, -0.1) is 0 Å². The van der Waals surface area contributed by atoms with Crippen LogP contribution in [0.15, 0.2) is 50.1 Å². The van der Waals surface area contributed by atoms with Crippen molar-refractivity contribution in [2.45, 2.75) is 32.1 Å². The van der Waals surface area contributed by atoms with E-state index in [1.54, 1.807) is 11.6 Å². The van der Waals surface area contributed by atoms with E-state index in [0.29, 0.717) is 13.1 Å². The molecule has 1 fully saturated rings. The van der Waals surface area contributed by atoms with Crippen LogP contribution < -0.4 is 10.5 Å². The van der Waals surface area contributed by atoms with Crippen molar-refractivity contribution >= 4 is 43.6 Å². The third kappa shape index (κ3) is 3.21. The van der Waals surface area contributed by atoms with Crippen molar-refractivity contribution in [1.82, 2.24) is 9.55 Å². The highest BCUT2D eigenvalue weighted by atomic mass is 79.9. The minimum absolute atomic E-state index is 0.194. The van der Waals surface area contributed by atoms with Crippen LogP contribution in [0, 0.1) is 18.3 Å². The molecule has 1 saturated heterocycles. The molecule has 0 radical (unpaired) electrons. The van der Waals surface area contributed by atoms with Crippen LogP contribution in [0.25, 0.3) is 22.0 Å². The van der Waals surface area contributed by atoms with Gasteiger partial charge in [-0.1, -0.05) is 28.9 Å². The monoisotopic (exact) mass is 490 g/mol. The maximum atomic E-state index is 12.9. The number of oxazole rings is 1. The van der Waals surface area contributed by atoms with Crippen LogP contribution in [0.1, 0.15) is 36.8 Å². The molecule has 6 nitrogen and oxygen atoms in total. The average Bonchev–Trinajstić information content (AvgIpc) is 3.21. The van der Waals surface area contributed by atoms with Crippen molar-refractivity contribution in [3.05, 3.63) is 68.2 Å². The Morgan fingerprint density at radius 1 is 1.19 bits per heavy atom. The van der Waals surface area contributed by atoms with Gasteiger partial charge in [0.2, 0.25) is 5.89 Å². The van der Waals surface area contributed by atoms with Gasteiger partial charge < -0.3 is 13.9 Å². The number of anilines is 1. The fourth-order valence-electron chi connectivity index (χ4n) is 4.67. The Hall–Kier alpha value is -3.11. The summed E-state index contributed by atoms with van der Waals surface area (Å²) in [6.45, 7) is 5.65. The SMILES string of the molecule is Cc1ccc2oc(C3(C)CCN(c4c(C#N)c(=O)n(C)c5ccc(Br)cc45)CC3)nc2c1. The highest BCUT2D eigenvalue weighted by molar-refractivity contribution is 9.10. The predicted molar refractivity (Wildman–Crippen MR) is 129 cm³/mol. The number of halogens is 1. The van der Waals surface area contributed by atoms with E-state index >= 15 is 0 Å². The summed E-state index contributed by atoms with van der Waals surface area (Å²) in [5, 5.41) is 10.7. The van der Waals surface area contributed by atoms with Crippen molar-refractivity contribution in [2.24, 2.45) is 7.05 Å². The molecule has 2 aromatic heterocycles. The number of aryl methyl sites for hydroxylation is 2. The molecule has 0 spiro atoms. The second-order valence-electron chi connectivity index (χ2n) is 8.90. The lowest BCUT2D eigenvalue weighted by Gasteiger charge is -2.39. The van der Waals surface area contributed by atoms with Crippen molar-refractivity contribution in [3.63, 3.8) is 0 Å². The van der Waals surface area contributed by atoms with Crippen LogP contribution in [0.5, 0.6) is 0 Å². The molecule has 32 heavy (non-hydrogen) atoms. The van der Waals surface area contributed by atoms with Gasteiger partial charge in [0.15, 0.2) is 5.58 Å². The van der Waals surface area contributed by atoms with Gasteiger partial charge in [-0.2, -0.15) is 5.26 Å². The highest BCUT2D eigenvalue weighted by Gasteiger charge is 2.37. The topological polar surface area (TPSA) is 75.1 Å². The van der Waals surface area contributed by atoms with Crippen LogP contribution >= 0.6 is 15.9 Å². The third-order valence-corrected chi connectivity index (χ3v) is 7.18. The first kappa shape index (κ1) is 20.8. The summed E-state index contributed by atoms with van der Waals surface area (Å²) in [5.74, 6) is 0.759. The molecule has 162 valence electrons. The number of piperidine rings is 1. The van der Waals surface area contributed by atoms with Gasteiger partial charge in [0, 0.05) is 35.4 Å². The Bertz CT molecular complexity index is 1470. The number of hydrogen-bond acceptors (Lipinski definition) is 5. The van der Waals surface area contributed by atoms with Crippen LogP contribution in [-0.2, 0) is 12.5 Å². The first-order valence-electron chi connectivity index (χ1n) is 10.7. The van der Waals surface area contributed by atoms with Crippen LogP contribution in [0.4, 0.5) is 5.69 Å². The van der Waals surface area contributed by atoms with E-state index in [2.05, 4.69) is 33.8 Å². The molecule has 0 aliphatic carbocycles. The molecule has 4 aromatic rings. The van der Waals surface area contributed by atoms with Gasteiger partial charge in [-0.3, -0.25) is 4.79 Å². The largest absolute Gasteiger partial charge is 0.440 e. The second kappa shape index (κ2) is 7.49. The summed E-state index contributed by atoms with van der Waals surface area (Å²) in [5.41, 5.74) is 4.12. The standard InChI is InChI=1S/C25H23BrN4O2/c1-15-4-7-21-19(12-15)28-24(32-21)25(2)8-10-30(11-9-25)22-17-13-16(26)5-6-20(17)29(3)23(31)18(22)14-27/h4-7,12-13H,8-11H2,1-3H3. The molecule has 0 saturated carbocycles. The second-order valence-corrected chi connectivity index (χ2v) is 9.81. The normalized spacial score (nSPS) is 15.9. The summed E-state index contributed by atoms with van der Waals surface area (Å²) in [4.78, 5) is 19.9. The van der Waals surface area contributed by atoms with E-state index in [1.807, 2.05) is 43.3 Å². The number of rotatable bonds is 2. The molecule has 5 rings (SSSR count). The van der Waals surface area contributed by atoms with Crippen molar-refractivity contribution in [2.75, 3.05) is 18.0 Å². The summed E-state index contributed by atoms with van der Waals surface area (Å²) >= 11 is 3.54. The highest BCUT2D eigenvalue weighted by Crippen LogP contribution is 2.39. The fraction of sp³-hybridized carbons (Fsp3) is 0.320. The van der Waals surface area contributed by atoms with Crippen LogP contribution in [0.3, 0.4) is 0 Å². The number of nitrogens with zero attached hydrogens (tertiary/aromatic N) is 4. The number of benzene rings is 2.